The van der Waals surface area contributed by atoms with Gasteiger partial charge in [0, 0.05) is 18.0 Å². The average Bonchev–Trinajstić information content (AvgIpc) is 2.97. The molecule has 0 unspecified atom stereocenters. The summed E-state index contributed by atoms with van der Waals surface area (Å²) in [5.74, 6) is 1.24. The molecule has 0 aliphatic carbocycles. The highest BCUT2D eigenvalue weighted by Crippen LogP contribution is 2.34. The Bertz CT molecular complexity index is 608. The largest absolute Gasteiger partial charge is 0.350 e. The van der Waals surface area contributed by atoms with Gasteiger partial charge in [-0.05, 0) is 60.0 Å². The molecule has 0 spiro atoms. The van der Waals surface area contributed by atoms with Crippen LogP contribution in [0.1, 0.15) is 30.7 Å². The fraction of sp³-hybridized carbons (Fsp3) is 0.500. The SMILES string of the molecule is Cc1ccsc1/C=C1/SC(N2C[C@H](C)C[C@H](C)C2)=NC1=O. The van der Waals surface area contributed by atoms with Crippen molar-refractivity contribution in [1.82, 2.24) is 4.90 Å². The summed E-state index contributed by atoms with van der Waals surface area (Å²) in [6.07, 6.45) is 3.25. The van der Waals surface area contributed by atoms with E-state index in [-0.39, 0.29) is 5.91 Å². The first-order chi connectivity index (χ1) is 10.0. The second-order valence-corrected chi connectivity index (χ2v) is 8.09. The summed E-state index contributed by atoms with van der Waals surface area (Å²) in [4.78, 5) is 20.6. The van der Waals surface area contributed by atoms with Crippen molar-refractivity contribution in [3.8, 4) is 0 Å². The van der Waals surface area contributed by atoms with E-state index in [0.29, 0.717) is 11.8 Å². The summed E-state index contributed by atoms with van der Waals surface area (Å²) in [7, 11) is 0. The minimum atomic E-state index is -0.0892. The molecular formula is C16H20N2OS2. The zero-order chi connectivity index (χ0) is 15.0. The first kappa shape index (κ1) is 14.9. The van der Waals surface area contributed by atoms with Gasteiger partial charge in [-0.1, -0.05) is 13.8 Å². The van der Waals surface area contributed by atoms with Crippen molar-refractivity contribution in [2.24, 2.45) is 16.8 Å². The van der Waals surface area contributed by atoms with Crippen LogP contribution in [0.25, 0.3) is 6.08 Å². The lowest BCUT2D eigenvalue weighted by Gasteiger charge is -2.35. The summed E-state index contributed by atoms with van der Waals surface area (Å²) in [6, 6.07) is 2.08. The molecule has 112 valence electrons. The maximum absolute atomic E-state index is 12.1. The Morgan fingerprint density at radius 1 is 1.33 bits per heavy atom. The summed E-state index contributed by atoms with van der Waals surface area (Å²) in [5, 5.41) is 2.94. The van der Waals surface area contributed by atoms with Gasteiger partial charge in [0.25, 0.3) is 5.91 Å². The molecule has 0 radical (unpaired) electrons. The number of aryl methyl sites for hydroxylation is 1. The van der Waals surface area contributed by atoms with Crippen molar-refractivity contribution < 1.29 is 4.79 Å². The highest BCUT2D eigenvalue weighted by atomic mass is 32.2. The summed E-state index contributed by atoms with van der Waals surface area (Å²) in [5.41, 5.74) is 1.22. The predicted molar refractivity (Wildman–Crippen MR) is 91.6 cm³/mol. The molecule has 2 aliphatic heterocycles. The molecule has 1 saturated heterocycles. The van der Waals surface area contributed by atoms with Gasteiger partial charge in [0.15, 0.2) is 5.17 Å². The highest BCUT2D eigenvalue weighted by Gasteiger charge is 2.30. The monoisotopic (exact) mass is 320 g/mol. The molecule has 1 amide bonds. The van der Waals surface area contributed by atoms with Crippen LogP contribution >= 0.6 is 23.1 Å². The van der Waals surface area contributed by atoms with Crippen LogP contribution in [0, 0.1) is 18.8 Å². The van der Waals surface area contributed by atoms with Crippen molar-refractivity contribution in [1.29, 1.82) is 0 Å². The summed E-state index contributed by atoms with van der Waals surface area (Å²) >= 11 is 3.20. The number of thioether (sulfide) groups is 1. The van der Waals surface area contributed by atoms with E-state index in [2.05, 4.69) is 42.1 Å². The molecule has 0 saturated carbocycles. The number of hydrogen-bond acceptors (Lipinski definition) is 4. The van der Waals surface area contributed by atoms with Gasteiger partial charge in [-0.3, -0.25) is 4.79 Å². The van der Waals surface area contributed by atoms with Crippen molar-refractivity contribution in [3.05, 3.63) is 26.8 Å². The Hall–Kier alpha value is -1.07. The number of thiophene rings is 1. The van der Waals surface area contributed by atoms with Crippen LogP contribution in [0.3, 0.4) is 0 Å². The van der Waals surface area contributed by atoms with Crippen LogP contribution < -0.4 is 0 Å². The first-order valence-electron chi connectivity index (χ1n) is 7.34. The molecular weight excluding hydrogens is 300 g/mol. The second-order valence-electron chi connectivity index (χ2n) is 6.13. The molecule has 0 bridgehead atoms. The van der Waals surface area contributed by atoms with E-state index in [1.165, 1.54) is 23.7 Å². The quantitative estimate of drug-likeness (QED) is 0.733. The summed E-state index contributed by atoms with van der Waals surface area (Å²) in [6.45, 7) is 8.64. The van der Waals surface area contributed by atoms with E-state index in [1.807, 2.05) is 6.08 Å². The van der Waals surface area contributed by atoms with Crippen LogP contribution in [0.5, 0.6) is 0 Å². The Labute approximate surface area is 134 Å². The number of aliphatic imine (C=N–C) groups is 1. The van der Waals surface area contributed by atoms with Crippen LogP contribution in [-0.2, 0) is 4.79 Å². The van der Waals surface area contributed by atoms with Crippen LogP contribution in [0.15, 0.2) is 21.3 Å². The van der Waals surface area contributed by atoms with Crippen LogP contribution in [-0.4, -0.2) is 29.1 Å². The normalized spacial score (nSPS) is 28.3. The molecule has 2 aliphatic rings. The average molecular weight is 320 g/mol. The fourth-order valence-electron chi connectivity index (χ4n) is 3.00. The molecule has 1 aromatic heterocycles. The van der Waals surface area contributed by atoms with Crippen molar-refractivity contribution >= 4 is 40.2 Å². The van der Waals surface area contributed by atoms with Gasteiger partial charge in [0.1, 0.15) is 0 Å². The molecule has 1 aromatic rings. The van der Waals surface area contributed by atoms with Crippen molar-refractivity contribution in [2.75, 3.05) is 13.1 Å². The lowest BCUT2D eigenvalue weighted by Crippen LogP contribution is -2.40. The molecule has 1 fully saturated rings. The molecule has 3 heterocycles. The molecule has 0 aromatic carbocycles. The maximum Gasteiger partial charge on any atom is 0.286 e. The second kappa shape index (κ2) is 5.97. The Balaban J connectivity index is 1.76. The number of carbonyl (C=O) groups is 1. The molecule has 3 nitrogen and oxygen atoms in total. The van der Waals surface area contributed by atoms with E-state index in [4.69, 9.17) is 0 Å². The van der Waals surface area contributed by atoms with Crippen molar-refractivity contribution in [2.45, 2.75) is 27.2 Å². The number of piperidine rings is 1. The Morgan fingerprint density at radius 2 is 2.05 bits per heavy atom. The first-order valence-corrected chi connectivity index (χ1v) is 9.04. The van der Waals surface area contributed by atoms with Crippen LogP contribution in [0.2, 0.25) is 0 Å². The van der Waals surface area contributed by atoms with E-state index >= 15 is 0 Å². The summed E-state index contributed by atoms with van der Waals surface area (Å²) < 4.78 is 0. The van der Waals surface area contributed by atoms with E-state index in [9.17, 15) is 4.79 Å². The van der Waals surface area contributed by atoms with Gasteiger partial charge in [0.2, 0.25) is 0 Å². The zero-order valence-electron chi connectivity index (χ0n) is 12.6. The number of amides is 1. The number of hydrogen-bond donors (Lipinski definition) is 0. The third kappa shape index (κ3) is 3.24. The van der Waals surface area contributed by atoms with Crippen molar-refractivity contribution in [3.63, 3.8) is 0 Å². The lowest BCUT2D eigenvalue weighted by molar-refractivity contribution is -0.113. The fourth-order valence-corrected chi connectivity index (χ4v) is 4.85. The molecule has 3 rings (SSSR count). The minimum Gasteiger partial charge on any atom is -0.350 e. The van der Waals surface area contributed by atoms with Gasteiger partial charge in [-0.2, -0.15) is 4.99 Å². The number of likely N-dealkylation sites (tertiary alicyclic amines) is 1. The molecule has 5 heteroatoms. The van der Waals surface area contributed by atoms with Gasteiger partial charge >= 0.3 is 0 Å². The predicted octanol–water partition coefficient (Wildman–Crippen LogP) is 4.00. The zero-order valence-corrected chi connectivity index (χ0v) is 14.3. The van der Waals surface area contributed by atoms with E-state index in [1.54, 1.807) is 11.3 Å². The number of carbonyl (C=O) groups excluding carboxylic acids is 1. The molecule has 2 atom stereocenters. The molecule has 21 heavy (non-hydrogen) atoms. The lowest BCUT2D eigenvalue weighted by atomic mass is 9.92. The maximum atomic E-state index is 12.1. The van der Waals surface area contributed by atoms with E-state index < -0.39 is 0 Å². The van der Waals surface area contributed by atoms with Gasteiger partial charge in [-0.15, -0.1) is 11.3 Å². The minimum absolute atomic E-state index is 0.0892. The number of nitrogens with zero attached hydrogens (tertiary/aromatic N) is 2. The number of rotatable bonds is 1. The highest BCUT2D eigenvalue weighted by molar-refractivity contribution is 8.18. The third-order valence-electron chi connectivity index (χ3n) is 3.91. The smallest absolute Gasteiger partial charge is 0.286 e. The molecule has 0 N–H and O–H groups in total. The van der Waals surface area contributed by atoms with E-state index in [0.717, 1.165) is 28.0 Å². The van der Waals surface area contributed by atoms with Crippen LogP contribution in [0.4, 0.5) is 0 Å². The topological polar surface area (TPSA) is 32.7 Å². The standard InChI is InChI=1S/C16H20N2OS2/c1-10-6-11(2)9-18(8-10)16-17-15(19)14(21-16)7-13-12(3)4-5-20-13/h4-5,7,10-11H,6,8-9H2,1-3H3/b14-7+/t10-,11+. The van der Waals surface area contributed by atoms with Gasteiger partial charge in [-0.25, -0.2) is 0 Å². The Morgan fingerprint density at radius 3 is 2.67 bits per heavy atom. The number of amidine groups is 1. The van der Waals surface area contributed by atoms with Gasteiger partial charge < -0.3 is 4.90 Å². The Kier molecular flexibility index (Phi) is 4.22. The van der Waals surface area contributed by atoms with Gasteiger partial charge in [0.05, 0.1) is 4.91 Å². The third-order valence-corrected chi connectivity index (χ3v) is 5.92.